The first-order chi connectivity index (χ1) is 14.4. The lowest BCUT2D eigenvalue weighted by atomic mass is 9.41. The van der Waals surface area contributed by atoms with Gasteiger partial charge in [-0.15, -0.1) is 0 Å². The van der Waals surface area contributed by atoms with E-state index in [2.05, 4.69) is 67.5 Å². The fraction of sp³-hybridized carbons (Fsp3) is 0.833. The third kappa shape index (κ3) is 3.26. The van der Waals surface area contributed by atoms with Crippen molar-refractivity contribution < 1.29 is 4.79 Å². The van der Waals surface area contributed by atoms with Crippen molar-refractivity contribution in [3.8, 4) is 0 Å². The minimum Gasteiger partial charge on any atom is -0.299 e. The third-order valence-corrected chi connectivity index (χ3v) is 11.5. The molecule has 4 aliphatic rings. The molecule has 0 radical (unpaired) electrons. The van der Waals surface area contributed by atoms with Gasteiger partial charge in [-0.2, -0.15) is 0 Å². The Morgan fingerprint density at radius 1 is 1.10 bits per heavy atom. The summed E-state index contributed by atoms with van der Waals surface area (Å²) in [5.41, 5.74) is 4.20. The highest BCUT2D eigenvalue weighted by Gasteiger charge is 2.65. The number of carbonyl (C=O) groups is 1. The Hall–Kier alpha value is -0.850. The van der Waals surface area contributed by atoms with Crippen LogP contribution in [0.15, 0.2) is 23.3 Å². The van der Waals surface area contributed by atoms with Crippen molar-refractivity contribution in [2.45, 2.75) is 113 Å². The molecule has 0 heterocycles. The molecule has 0 unspecified atom stereocenters. The van der Waals surface area contributed by atoms with Gasteiger partial charge in [0.15, 0.2) is 0 Å². The zero-order valence-corrected chi connectivity index (χ0v) is 21.7. The van der Waals surface area contributed by atoms with Gasteiger partial charge in [-0.25, -0.2) is 0 Å². The molecule has 0 aromatic rings. The summed E-state index contributed by atoms with van der Waals surface area (Å²) in [6, 6.07) is 0. The van der Waals surface area contributed by atoms with Gasteiger partial charge in [0.25, 0.3) is 0 Å². The Labute approximate surface area is 192 Å². The molecule has 1 heteroatoms. The standard InChI is InChI=1S/C30H48O/c1-20(2)10-9-11-21(3)22-14-18-30(8)24-12-13-25-27(4,5)26(31)16-17-28(25,6)23(24)15-19-29(22,30)7/h10,12,21-23,25H,9,11,13-19H2,1-8H3/t21-,22-,23-,25+,28+,29-,30+/m0/s1. The summed E-state index contributed by atoms with van der Waals surface area (Å²) in [5.74, 6) is 3.36. The van der Waals surface area contributed by atoms with E-state index in [-0.39, 0.29) is 5.41 Å². The molecule has 0 bridgehead atoms. The molecule has 31 heavy (non-hydrogen) atoms. The van der Waals surface area contributed by atoms with Gasteiger partial charge >= 0.3 is 0 Å². The summed E-state index contributed by atoms with van der Waals surface area (Å²) in [6.07, 6.45) is 16.2. The van der Waals surface area contributed by atoms with Crippen LogP contribution < -0.4 is 0 Å². The largest absolute Gasteiger partial charge is 0.299 e. The van der Waals surface area contributed by atoms with Crippen molar-refractivity contribution in [2.75, 3.05) is 0 Å². The Kier molecular flexibility index (Phi) is 5.71. The van der Waals surface area contributed by atoms with Crippen LogP contribution in [0.25, 0.3) is 0 Å². The summed E-state index contributed by atoms with van der Waals surface area (Å²) in [6.45, 7) is 19.3. The molecule has 3 fully saturated rings. The van der Waals surface area contributed by atoms with Crippen molar-refractivity contribution in [1.82, 2.24) is 0 Å². The molecule has 0 spiro atoms. The summed E-state index contributed by atoms with van der Waals surface area (Å²) in [7, 11) is 0. The predicted octanol–water partition coefficient (Wildman–Crippen LogP) is 8.54. The highest BCUT2D eigenvalue weighted by Crippen LogP contribution is 2.73. The third-order valence-electron chi connectivity index (χ3n) is 11.5. The number of allylic oxidation sites excluding steroid dienone is 4. The second-order valence-corrected chi connectivity index (χ2v) is 13.4. The maximum absolute atomic E-state index is 12.8. The van der Waals surface area contributed by atoms with Crippen molar-refractivity contribution >= 4 is 5.78 Å². The number of fused-ring (bicyclic) bond motifs is 5. The van der Waals surface area contributed by atoms with Gasteiger partial charge in [0.1, 0.15) is 5.78 Å². The van der Waals surface area contributed by atoms with Crippen LogP contribution in [0.3, 0.4) is 0 Å². The first-order valence-electron chi connectivity index (χ1n) is 13.2. The molecule has 0 saturated heterocycles. The average Bonchev–Trinajstić information content (AvgIpc) is 2.96. The van der Waals surface area contributed by atoms with Crippen LogP contribution in [0.4, 0.5) is 0 Å². The van der Waals surface area contributed by atoms with Gasteiger partial charge in [-0.05, 0) is 105 Å². The Morgan fingerprint density at radius 2 is 1.81 bits per heavy atom. The second kappa shape index (κ2) is 7.59. The van der Waals surface area contributed by atoms with E-state index in [4.69, 9.17) is 0 Å². The number of hydrogen-bond donors (Lipinski definition) is 0. The highest BCUT2D eigenvalue weighted by atomic mass is 16.1. The highest BCUT2D eigenvalue weighted by molar-refractivity contribution is 5.85. The molecule has 174 valence electrons. The molecule has 0 N–H and O–H groups in total. The van der Waals surface area contributed by atoms with Crippen molar-refractivity contribution in [3.63, 3.8) is 0 Å². The maximum atomic E-state index is 12.8. The van der Waals surface area contributed by atoms with E-state index in [0.717, 1.165) is 31.1 Å². The lowest BCUT2D eigenvalue weighted by Gasteiger charge is -2.63. The van der Waals surface area contributed by atoms with Crippen LogP contribution >= 0.6 is 0 Å². The van der Waals surface area contributed by atoms with E-state index in [1.807, 2.05) is 5.57 Å². The summed E-state index contributed by atoms with van der Waals surface area (Å²) < 4.78 is 0. The molecular weight excluding hydrogens is 376 g/mol. The van der Waals surface area contributed by atoms with Gasteiger partial charge < -0.3 is 0 Å². The van der Waals surface area contributed by atoms with E-state index in [1.54, 1.807) is 0 Å². The Bertz CT molecular complexity index is 795. The molecule has 0 aliphatic heterocycles. The van der Waals surface area contributed by atoms with Crippen molar-refractivity contribution in [3.05, 3.63) is 23.3 Å². The second-order valence-electron chi connectivity index (χ2n) is 13.4. The summed E-state index contributed by atoms with van der Waals surface area (Å²) >= 11 is 0. The first kappa shape index (κ1) is 23.3. The normalized spacial score (nSPS) is 44.6. The molecule has 4 rings (SSSR count). The molecular formula is C30H48O. The minimum atomic E-state index is -0.158. The average molecular weight is 425 g/mol. The van der Waals surface area contributed by atoms with Crippen LogP contribution in [0.1, 0.15) is 113 Å². The predicted molar refractivity (Wildman–Crippen MR) is 132 cm³/mol. The SMILES string of the molecule is CC(C)=CCC[C@H](C)[C@@H]1CC[C@]2(C)C3=CC[C@@H]4C(C)(C)C(=O)CC[C@]4(C)[C@H]3CC[C@@]12C. The number of rotatable bonds is 4. The lowest BCUT2D eigenvalue weighted by molar-refractivity contribution is -0.146. The van der Waals surface area contributed by atoms with E-state index in [1.165, 1.54) is 44.1 Å². The zero-order valence-electron chi connectivity index (χ0n) is 21.7. The minimum absolute atomic E-state index is 0.158. The van der Waals surface area contributed by atoms with Gasteiger partial charge in [0.2, 0.25) is 0 Å². The molecule has 4 aliphatic carbocycles. The molecule has 1 nitrogen and oxygen atoms in total. The fourth-order valence-electron chi connectivity index (χ4n) is 9.30. The van der Waals surface area contributed by atoms with Gasteiger partial charge in [0.05, 0.1) is 0 Å². The van der Waals surface area contributed by atoms with E-state index < -0.39 is 0 Å². The van der Waals surface area contributed by atoms with E-state index >= 15 is 0 Å². The summed E-state index contributed by atoms with van der Waals surface area (Å²) in [5, 5.41) is 0. The Balaban J connectivity index is 1.63. The zero-order chi connectivity index (χ0) is 22.8. The van der Waals surface area contributed by atoms with Crippen molar-refractivity contribution in [1.29, 1.82) is 0 Å². The van der Waals surface area contributed by atoms with Gasteiger partial charge in [-0.1, -0.05) is 64.8 Å². The van der Waals surface area contributed by atoms with Crippen LogP contribution in [0.2, 0.25) is 0 Å². The molecule has 0 aromatic carbocycles. The lowest BCUT2D eigenvalue weighted by Crippen LogP contribution is -2.57. The fourth-order valence-corrected chi connectivity index (χ4v) is 9.30. The number of hydrogen-bond acceptors (Lipinski definition) is 1. The Morgan fingerprint density at radius 3 is 2.48 bits per heavy atom. The topological polar surface area (TPSA) is 17.1 Å². The van der Waals surface area contributed by atoms with Gasteiger partial charge in [-0.3, -0.25) is 4.79 Å². The number of Topliss-reactive ketones (excluding diaryl/α,β-unsaturated/α-hetero) is 1. The van der Waals surface area contributed by atoms with E-state index in [0.29, 0.717) is 33.9 Å². The van der Waals surface area contributed by atoms with E-state index in [9.17, 15) is 4.79 Å². The van der Waals surface area contributed by atoms with Crippen LogP contribution in [0.5, 0.6) is 0 Å². The number of carbonyl (C=O) groups excluding carboxylic acids is 1. The molecule has 3 saturated carbocycles. The van der Waals surface area contributed by atoms with Crippen LogP contribution in [-0.2, 0) is 4.79 Å². The molecule has 0 aromatic heterocycles. The van der Waals surface area contributed by atoms with Crippen molar-refractivity contribution in [2.24, 2.45) is 45.3 Å². The summed E-state index contributed by atoms with van der Waals surface area (Å²) in [4.78, 5) is 12.8. The monoisotopic (exact) mass is 424 g/mol. The quantitative estimate of drug-likeness (QED) is 0.413. The number of ketones is 1. The molecule has 0 amide bonds. The first-order valence-corrected chi connectivity index (χ1v) is 13.2. The maximum Gasteiger partial charge on any atom is 0.138 e. The molecule has 7 atom stereocenters. The van der Waals surface area contributed by atoms with Crippen LogP contribution in [-0.4, -0.2) is 5.78 Å². The van der Waals surface area contributed by atoms with Crippen LogP contribution in [0, 0.1) is 45.3 Å². The smallest absolute Gasteiger partial charge is 0.138 e. The van der Waals surface area contributed by atoms with Gasteiger partial charge in [0, 0.05) is 11.8 Å².